The van der Waals surface area contributed by atoms with Gasteiger partial charge in [-0.3, -0.25) is 4.79 Å². The molecule has 0 N–H and O–H groups in total. The fourth-order valence-corrected chi connectivity index (χ4v) is 5.02. The van der Waals surface area contributed by atoms with Gasteiger partial charge in [0.05, 0.1) is 0 Å². The van der Waals surface area contributed by atoms with E-state index in [1.54, 1.807) is 0 Å². The Morgan fingerprint density at radius 3 is 2.35 bits per heavy atom. The standard InChI is InChI=1S/C24H22OS/c1-17-11-13-19(14-12-17)24(26-20-8-3-2-4-9-20)22-16-15-18-7-5-6-10-21(18)23(22)25/h2-14,22,24H,15-16H2,1H3. The molecule has 0 fully saturated rings. The highest BCUT2D eigenvalue weighted by atomic mass is 32.2. The number of carbonyl (C=O) groups excluding carboxylic acids is 1. The molecule has 1 aliphatic carbocycles. The van der Waals surface area contributed by atoms with Crippen LogP contribution in [0.4, 0.5) is 0 Å². The minimum Gasteiger partial charge on any atom is -0.294 e. The maximum atomic E-state index is 13.3. The van der Waals surface area contributed by atoms with E-state index in [0.29, 0.717) is 5.78 Å². The second-order valence-corrected chi connectivity index (χ2v) is 8.14. The van der Waals surface area contributed by atoms with Crippen LogP contribution in [0.3, 0.4) is 0 Å². The van der Waals surface area contributed by atoms with Crippen molar-refractivity contribution in [2.75, 3.05) is 0 Å². The Morgan fingerprint density at radius 1 is 0.885 bits per heavy atom. The highest BCUT2D eigenvalue weighted by molar-refractivity contribution is 7.99. The molecule has 2 heteroatoms. The Balaban J connectivity index is 1.71. The van der Waals surface area contributed by atoms with Gasteiger partial charge < -0.3 is 0 Å². The predicted molar refractivity (Wildman–Crippen MR) is 109 cm³/mol. The van der Waals surface area contributed by atoms with Gasteiger partial charge in [0.2, 0.25) is 0 Å². The van der Waals surface area contributed by atoms with E-state index in [1.807, 2.05) is 36.0 Å². The van der Waals surface area contributed by atoms with Crippen LogP contribution >= 0.6 is 11.8 Å². The van der Waals surface area contributed by atoms with Crippen LogP contribution in [0.15, 0.2) is 83.8 Å². The molecule has 3 aromatic rings. The van der Waals surface area contributed by atoms with Crippen LogP contribution in [0.1, 0.15) is 38.7 Å². The molecule has 0 amide bonds. The van der Waals surface area contributed by atoms with Crippen molar-refractivity contribution in [1.82, 2.24) is 0 Å². The van der Waals surface area contributed by atoms with Gasteiger partial charge in [-0.25, -0.2) is 0 Å². The van der Waals surface area contributed by atoms with Gasteiger partial charge in [-0.2, -0.15) is 0 Å². The van der Waals surface area contributed by atoms with Crippen molar-refractivity contribution in [3.05, 3.63) is 101 Å². The summed E-state index contributed by atoms with van der Waals surface area (Å²) in [5.74, 6) is 0.304. The molecule has 0 saturated carbocycles. The second-order valence-electron chi connectivity index (χ2n) is 6.93. The van der Waals surface area contributed by atoms with E-state index in [1.165, 1.54) is 21.6 Å². The first-order valence-electron chi connectivity index (χ1n) is 9.13. The van der Waals surface area contributed by atoms with Crippen LogP contribution in [-0.2, 0) is 6.42 Å². The van der Waals surface area contributed by atoms with Crippen LogP contribution in [0.5, 0.6) is 0 Å². The van der Waals surface area contributed by atoms with Gasteiger partial charge in [-0.15, -0.1) is 11.8 Å². The van der Waals surface area contributed by atoms with Crippen LogP contribution in [0.25, 0.3) is 0 Å². The number of thioether (sulfide) groups is 1. The van der Waals surface area contributed by atoms with Gasteiger partial charge in [-0.1, -0.05) is 72.3 Å². The van der Waals surface area contributed by atoms with Crippen molar-refractivity contribution >= 4 is 17.5 Å². The molecule has 4 rings (SSSR count). The lowest BCUT2D eigenvalue weighted by molar-refractivity contribution is 0.0899. The largest absolute Gasteiger partial charge is 0.294 e. The monoisotopic (exact) mass is 358 g/mol. The van der Waals surface area contributed by atoms with E-state index in [0.717, 1.165) is 18.4 Å². The van der Waals surface area contributed by atoms with Crippen LogP contribution in [-0.4, -0.2) is 5.78 Å². The number of ketones is 1. The van der Waals surface area contributed by atoms with E-state index in [2.05, 4.69) is 61.5 Å². The van der Waals surface area contributed by atoms with Crippen molar-refractivity contribution < 1.29 is 4.79 Å². The summed E-state index contributed by atoms with van der Waals surface area (Å²) < 4.78 is 0. The Morgan fingerprint density at radius 2 is 1.58 bits per heavy atom. The fraction of sp³-hybridized carbons (Fsp3) is 0.208. The van der Waals surface area contributed by atoms with Crippen LogP contribution < -0.4 is 0 Å². The first kappa shape index (κ1) is 17.1. The van der Waals surface area contributed by atoms with Crippen molar-refractivity contribution in [3.8, 4) is 0 Å². The molecular formula is C24H22OS. The molecule has 26 heavy (non-hydrogen) atoms. The summed E-state index contributed by atoms with van der Waals surface area (Å²) >= 11 is 1.81. The van der Waals surface area contributed by atoms with Crippen molar-refractivity contribution in [1.29, 1.82) is 0 Å². The lowest BCUT2D eigenvalue weighted by Crippen LogP contribution is -2.27. The van der Waals surface area contributed by atoms with Gasteiger partial charge in [0.25, 0.3) is 0 Å². The number of aryl methyl sites for hydroxylation is 2. The molecule has 3 aromatic carbocycles. The molecule has 1 nitrogen and oxygen atoms in total. The number of hydrogen-bond donors (Lipinski definition) is 0. The molecule has 0 aliphatic heterocycles. The zero-order valence-electron chi connectivity index (χ0n) is 14.9. The van der Waals surface area contributed by atoms with Gasteiger partial charge in [0, 0.05) is 21.6 Å². The molecule has 2 atom stereocenters. The van der Waals surface area contributed by atoms with Crippen molar-refractivity contribution in [2.45, 2.75) is 29.9 Å². The summed E-state index contributed by atoms with van der Waals surface area (Å²) in [6.45, 7) is 2.10. The predicted octanol–water partition coefficient (Wildman–Crippen LogP) is 6.27. The molecule has 0 aromatic heterocycles. The average Bonchev–Trinajstić information content (AvgIpc) is 2.69. The normalized spacial score (nSPS) is 17.6. The lowest BCUT2D eigenvalue weighted by atomic mass is 9.79. The zero-order valence-corrected chi connectivity index (χ0v) is 15.7. The number of carbonyl (C=O) groups is 1. The van der Waals surface area contributed by atoms with Crippen LogP contribution in [0, 0.1) is 12.8 Å². The third-order valence-electron chi connectivity index (χ3n) is 5.12. The highest BCUT2D eigenvalue weighted by Gasteiger charge is 2.34. The summed E-state index contributed by atoms with van der Waals surface area (Å²) in [6, 6.07) is 27.2. The fourth-order valence-electron chi connectivity index (χ4n) is 3.69. The maximum Gasteiger partial charge on any atom is 0.167 e. The van der Waals surface area contributed by atoms with Gasteiger partial charge in [-0.05, 0) is 43.0 Å². The number of fused-ring (bicyclic) bond motifs is 1. The third-order valence-corrected chi connectivity index (χ3v) is 6.52. The van der Waals surface area contributed by atoms with E-state index in [-0.39, 0.29) is 11.2 Å². The molecule has 0 heterocycles. The summed E-state index contributed by atoms with van der Waals surface area (Å²) in [5, 5.41) is 0.138. The van der Waals surface area contributed by atoms with E-state index >= 15 is 0 Å². The molecule has 0 spiro atoms. The zero-order chi connectivity index (χ0) is 17.9. The van der Waals surface area contributed by atoms with Crippen molar-refractivity contribution in [3.63, 3.8) is 0 Å². The number of rotatable bonds is 4. The number of Topliss-reactive ketones (excluding diaryl/α,β-unsaturated/α-hetero) is 1. The molecule has 1 aliphatic rings. The molecule has 2 unspecified atom stereocenters. The Labute approximate surface area is 159 Å². The summed E-state index contributed by atoms with van der Waals surface area (Å²) in [5.41, 5.74) is 4.59. The molecular weight excluding hydrogens is 336 g/mol. The van der Waals surface area contributed by atoms with Gasteiger partial charge in [0.1, 0.15) is 0 Å². The first-order valence-corrected chi connectivity index (χ1v) is 10.0. The van der Waals surface area contributed by atoms with E-state index in [4.69, 9.17) is 0 Å². The topological polar surface area (TPSA) is 17.1 Å². The van der Waals surface area contributed by atoms with Gasteiger partial charge in [0.15, 0.2) is 5.78 Å². The van der Waals surface area contributed by atoms with Gasteiger partial charge >= 0.3 is 0 Å². The molecule has 130 valence electrons. The third kappa shape index (κ3) is 3.47. The summed E-state index contributed by atoms with van der Waals surface area (Å²) in [7, 11) is 0. The second kappa shape index (κ2) is 7.51. The Bertz CT molecular complexity index is 899. The number of benzene rings is 3. The smallest absolute Gasteiger partial charge is 0.167 e. The average molecular weight is 359 g/mol. The quantitative estimate of drug-likeness (QED) is 0.511. The molecule has 0 radical (unpaired) electrons. The Kier molecular flexibility index (Phi) is 4.94. The number of hydrogen-bond acceptors (Lipinski definition) is 2. The van der Waals surface area contributed by atoms with E-state index in [9.17, 15) is 4.79 Å². The van der Waals surface area contributed by atoms with Crippen molar-refractivity contribution in [2.24, 2.45) is 5.92 Å². The Hall–Kier alpha value is -2.32. The molecule has 0 bridgehead atoms. The molecule has 0 saturated heterocycles. The summed E-state index contributed by atoms with van der Waals surface area (Å²) in [4.78, 5) is 14.5. The minimum absolute atomic E-state index is 0.0119. The maximum absolute atomic E-state index is 13.3. The SMILES string of the molecule is Cc1ccc(C(Sc2ccccc2)C2CCc3ccccc3C2=O)cc1. The lowest BCUT2D eigenvalue weighted by Gasteiger charge is -2.30. The summed E-state index contributed by atoms with van der Waals surface area (Å²) in [6.07, 6.45) is 1.89. The minimum atomic E-state index is 0.0119. The van der Waals surface area contributed by atoms with E-state index < -0.39 is 0 Å². The highest BCUT2D eigenvalue weighted by Crippen LogP contribution is 2.45. The first-order chi connectivity index (χ1) is 12.7. The van der Waals surface area contributed by atoms with Crippen LogP contribution in [0.2, 0.25) is 0 Å².